The van der Waals surface area contributed by atoms with Crippen molar-refractivity contribution in [3.63, 3.8) is 0 Å². The highest BCUT2D eigenvalue weighted by Gasteiger charge is 2.32. The maximum absolute atomic E-state index is 13.2. The van der Waals surface area contributed by atoms with E-state index in [-0.39, 0.29) is 11.7 Å². The fourth-order valence-corrected chi connectivity index (χ4v) is 5.99. The second-order valence-electron chi connectivity index (χ2n) is 8.27. The first-order valence-electron chi connectivity index (χ1n) is 10.7. The van der Waals surface area contributed by atoms with E-state index >= 15 is 0 Å². The zero-order valence-electron chi connectivity index (χ0n) is 17.1. The molecule has 162 valence electrons. The van der Waals surface area contributed by atoms with Crippen molar-refractivity contribution in [2.75, 3.05) is 13.1 Å². The van der Waals surface area contributed by atoms with Gasteiger partial charge in [-0.25, -0.2) is 12.8 Å². The molecule has 1 aromatic heterocycles. The summed E-state index contributed by atoms with van der Waals surface area (Å²) in [4.78, 5) is 0.392. The van der Waals surface area contributed by atoms with Crippen molar-refractivity contribution in [3.8, 4) is 11.5 Å². The van der Waals surface area contributed by atoms with Crippen LogP contribution in [-0.4, -0.2) is 36.0 Å². The Morgan fingerprint density at radius 3 is 2.39 bits per heavy atom. The third-order valence-corrected chi connectivity index (χ3v) is 8.19. The lowest BCUT2D eigenvalue weighted by molar-refractivity contribution is 0.291. The summed E-state index contributed by atoms with van der Waals surface area (Å²) in [6.07, 6.45) is 5.51. The standard InChI is InChI=1S/C23H24FN3O3S/c24-20-8-5-17(6-9-20)22-25-26-23(30-22)18-11-13-27(14-12-18)31(28,29)21-10-7-16-3-1-2-4-19(16)15-21/h5-10,15,18H,1-4,11-14H2. The molecule has 2 heterocycles. The van der Waals surface area contributed by atoms with Gasteiger partial charge in [-0.15, -0.1) is 10.2 Å². The molecule has 5 rings (SSSR count). The van der Waals surface area contributed by atoms with Crippen molar-refractivity contribution < 1.29 is 17.2 Å². The number of piperidine rings is 1. The summed E-state index contributed by atoms with van der Waals surface area (Å²) in [7, 11) is -3.51. The highest BCUT2D eigenvalue weighted by Crippen LogP contribution is 2.32. The van der Waals surface area contributed by atoms with E-state index in [1.54, 1.807) is 22.5 Å². The van der Waals surface area contributed by atoms with Crippen LogP contribution in [0.3, 0.4) is 0 Å². The maximum atomic E-state index is 13.2. The van der Waals surface area contributed by atoms with Gasteiger partial charge in [-0.1, -0.05) is 6.07 Å². The summed E-state index contributed by atoms with van der Waals surface area (Å²) in [5.41, 5.74) is 3.10. The second-order valence-corrected chi connectivity index (χ2v) is 10.2. The first-order chi connectivity index (χ1) is 15.0. The Hall–Kier alpha value is -2.58. The van der Waals surface area contributed by atoms with Crippen LogP contribution in [0.1, 0.15) is 48.6 Å². The van der Waals surface area contributed by atoms with Crippen molar-refractivity contribution >= 4 is 10.0 Å². The number of hydrogen-bond donors (Lipinski definition) is 0. The Kier molecular flexibility index (Phi) is 5.35. The minimum Gasteiger partial charge on any atom is -0.420 e. The average Bonchev–Trinajstić information content (AvgIpc) is 3.29. The minimum absolute atomic E-state index is 0.0108. The van der Waals surface area contributed by atoms with E-state index in [9.17, 15) is 12.8 Å². The van der Waals surface area contributed by atoms with Crippen LogP contribution in [0.25, 0.3) is 11.5 Å². The normalized spacial score (nSPS) is 18.1. The predicted molar refractivity (Wildman–Crippen MR) is 114 cm³/mol. The smallest absolute Gasteiger partial charge is 0.247 e. The van der Waals surface area contributed by atoms with E-state index in [4.69, 9.17) is 4.42 Å². The molecule has 2 aromatic carbocycles. The highest BCUT2D eigenvalue weighted by molar-refractivity contribution is 7.89. The molecule has 2 aliphatic rings. The summed E-state index contributed by atoms with van der Waals surface area (Å²) >= 11 is 0. The maximum Gasteiger partial charge on any atom is 0.247 e. The van der Waals surface area contributed by atoms with Gasteiger partial charge in [0.05, 0.1) is 4.90 Å². The number of fused-ring (bicyclic) bond motifs is 1. The fraction of sp³-hybridized carbons (Fsp3) is 0.391. The van der Waals surface area contributed by atoms with Gasteiger partial charge in [-0.3, -0.25) is 0 Å². The number of hydrogen-bond acceptors (Lipinski definition) is 5. The Morgan fingerprint density at radius 1 is 0.935 bits per heavy atom. The van der Waals surface area contributed by atoms with Crippen LogP contribution in [0.4, 0.5) is 4.39 Å². The second kappa shape index (κ2) is 8.16. The van der Waals surface area contributed by atoms with Crippen LogP contribution in [0.2, 0.25) is 0 Å². The van der Waals surface area contributed by atoms with E-state index in [1.807, 2.05) is 12.1 Å². The van der Waals surface area contributed by atoms with Gasteiger partial charge in [0.15, 0.2) is 0 Å². The van der Waals surface area contributed by atoms with Crippen LogP contribution in [-0.2, 0) is 22.9 Å². The summed E-state index contributed by atoms with van der Waals surface area (Å²) < 4.78 is 46.8. The molecule has 1 aliphatic carbocycles. The highest BCUT2D eigenvalue weighted by atomic mass is 32.2. The van der Waals surface area contributed by atoms with Crippen LogP contribution < -0.4 is 0 Å². The van der Waals surface area contributed by atoms with Crippen LogP contribution in [0.15, 0.2) is 51.8 Å². The first kappa shape index (κ1) is 20.3. The summed E-state index contributed by atoms with van der Waals surface area (Å²) in [6, 6.07) is 11.5. The number of nitrogens with zero attached hydrogens (tertiary/aromatic N) is 3. The van der Waals surface area contributed by atoms with Crippen molar-refractivity contribution in [2.24, 2.45) is 0 Å². The van der Waals surface area contributed by atoms with Gasteiger partial charge < -0.3 is 4.42 Å². The number of benzene rings is 2. The van der Waals surface area contributed by atoms with Crippen LogP contribution in [0, 0.1) is 5.82 Å². The summed E-state index contributed by atoms with van der Waals surface area (Å²) in [6.45, 7) is 0.830. The molecule has 1 aliphatic heterocycles. The molecule has 1 saturated heterocycles. The number of aryl methyl sites for hydroxylation is 2. The Labute approximate surface area is 181 Å². The zero-order chi connectivity index (χ0) is 21.4. The molecular weight excluding hydrogens is 417 g/mol. The molecule has 0 unspecified atom stereocenters. The summed E-state index contributed by atoms with van der Waals surface area (Å²) in [5.74, 6) is 0.539. The average molecular weight is 442 g/mol. The fourth-order valence-electron chi connectivity index (χ4n) is 4.47. The Bertz CT molecular complexity index is 1180. The molecule has 0 spiro atoms. The van der Waals surface area contributed by atoms with Crippen molar-refractivity contribution in [2.45, 2.75) is 49.3 Å². The molecule has 3 aromatic rings. The molecule has 31 heavy (non-hydrogen) atoms. The van der Waals surface area contributed by atoms with Crippen LogP contribution >= 0.6 is 0 Å². The number of aromatic nitrogens is 2. The molecular formula is C23H24FN3O3S. The molecule has 0 atom stereocenters. The van der Waals surface area contributed by atoms with Crippen molar-refractivity contribution in [1.29, 1.82) is 0 Å². The molecule has 0 N–H and O–H groups in total. The van der Waals surface area contributed by atoms with Crippen molar-refractivity contribution in [3.05, 3.63) is 65.3 Å². The largest absolute Gasteiger partial charge is 0.420 e. The molecule has 0 bridgehead atoms. The molecule has 1 fully saturated rings. The Balaban J connectivity index is 1.27. The third-order valence-electron chi connectivity index (χ3n) is 6.29. The molecule has 0 saturated carbocycles. The molecule has 8 heteroatoms. The van der Waals surface area contributed by atoms with E-state index < -0.39 is 10.0 Å². The molecule has 0 radical (unpaired) electrons. The topological polar surface area (TPSA) is 76.3 Å². The van der Waals surface area contributed by atoms with E-state index in [1.165, 1.54) is 29.7 Å². The molecule has 0 amide bonds. The predicted octanol–water partition coefficient (Wildman–Crippen LogP) is 4.32. The first-order valence-corrected chi connectivity index (χ1v) is 12.2. The number of halogens is 1. The number of sulfonamides is 1. The lowest BCUT2D eigenvalue weighted by Gasteiger charge is -2.30. The molecule has 6 nitrogen and oxygen atoms in total. The van der Waals surface area contributed by atoms with Gasteiger partial charge in [-0.05, 0) is 86.1 Å². The zero-order valence-corrected chi connectivity index (χ0v) is 17.9. The Morgan fingerprint density at radius 2 is 1.65 bits per heavy atom. The minimum atomic E-state index is -3.51. The van der Waals surface area contributed by atoms with E-state index in [0.717, 1.165) is 19.3 Å². The third kappa shape index (κ3) is 4.02. The van der Waals surface area contributed by atoms with Gasteiger partial charge in [0.25, 0.3) is 0 Å². The quantitative estimate of drug-likeness (QED) is 0.603. The monoisotopic (exact) mass is 441 g/mol. The van der Waals surface area contributed by atoms with Gasteiger partial charge in [-0.2, -0.15) is 4.31 Å². The van der Waals surface area contributed by atoms with E-state index in [0.29, 0.717) is 48.2 Å². The lowest BCUT2D eigenvalue weighted by atomic mass is 9.92. The van der Waals surface area contributed by atoms with Crippen molar-refractivity contribution in [1.82, 2.24) is 14.5 Å². The van der Waals surface area contributed by atoms with Gasteiger partial charge in [0.2, 0.25) is 21.8 Å². The van der Waals surface area contributed by atoms with Gasteiger partial charge in [0, 0.05) is 24.6 Å². The van der Waals surface area contributed by atoms with Gasteiger partial charge >= 0.3 is 0 Å². The SMILES string of the molecule is O=S(=O)(c1ccc2c(c1)CCCC2)N1CCC(c2nnc(-c3ccc(F)cc3)o2)CC1. The van der Waals surface area contributed by atoms with Gasteiger partial charge in [0.1, 0.15) is 5.82 Å². The van der Waals surface area contributed by atoms with Crippen LogP contribution in [0.5, 0.6) is 0 Å². The summed E-state index contributed by atoms with van der Waals surface area (Å²) in [5, 5.41) is 8.23. The lowest BCUT2D eigenvalue weighted by Crippen LogP contribution is -2.38. The number of rotatable bonds is 4. The van der Waals surface area contributed by atoms with E-state index in [2.05, 4.69) is 10.2 Å².